The first kappa shape index (κ1) is 61.2. The molecule has 0 bridgehead atoms. The van der Waals surface area contributed by atoms with Gasteiger partial charge in [0.1, 0.15) is 36.8 Å². The number of aromatic nitrogens is 1. The van der Waals surface area contributed by atoms with E-state index in [2.05, 4.69) is 4.98 Å². The number of rotatable bonds is 17. The van der Waals surface area contributed by atoms with Gasteiger partial charge in [0.2, 0.25) is 0 Å². The van der Waals surface area contributed by atoms with Crippen LogP contribution < -0.4 is 0 Å². The third kappa shape index (κ3) is 17.4. The Bertz CT molecular complexity index is 2150. The zero-order valence-corrected chi connectivity index (χ0v) is 45.7. The number of benzene rings is 1. The van der Waals surface area contributed by atoms with E-state index < -0.39 is 127 Å². The van der Waals surface area contributed by atoms with Gasteiger partial charge in [-0.2, -0.15) is 0 Å². The number of pyridine rings is 1. The zero-order chi connectivity index (χ0) is 55.0. The lowest BCUT2D eigenvalue weighted by molar-refractivity contribution is -0.344. The maximum absolute atomic E-state index is 14.2. The van der Waals surface area contributed by atoms with Gasteiger partial charge in [-0.1, -0.05) is 57.2 Å². The molecule has 5 rings (SSSR count). The number of likely N-dealkylation sites (N-methyl/N-ethyl adjacent to an activating group) is 2. The molecule has 0 spiro atoms. The van der Waals surface area contributed by atoms with E-state index in [1.165, 1.54) is 14.0 Å². The highest BCUT2D eigenvalue weighted by molar-refractivity contribution is 5.73. The van der Waals surface area contributed by atoms with E-state index in [0.29, 0.717) is 32.4 Å². The van der Waals surface area contributed by atoms with Gasteiger partial charge in [-0.3, -0.25) is 24.2 Å². The normalized spacial score (nSPS) is 33.8. The van der Waals surface area contributed by atoms with Gasteiger partial charge >= 0.3 is 23.9 Å². The number of nitrogens with zero attached hydrogens (tertiary/aromatic N) is 3. The number of aliphatic hydroxyl groups is 2. The molecule has 19 nitrogen and oxygen atoms in total. The Morgan fingerprint density at radius 3 is 2.20 bits per heavy atom. The summed E-state index contributed by atoms with van der Waals surface area (Å²) in [5, 5.41) is 24.1. The number of aldehydes is 1. The summed E-state index contributed by atoms with van der Waals surface area (Å²) in [5.41, 5.74) is 1.73. The van der Waals surface area contributed by atoms with Crippen molar-refractivity contribution in [1.82, 2.24) is 14.8 Å². The number of methoxy groups -OCH3 is 1. The lowest BCUT2D eigenvalue weighted by Gasteiger charge is -2.50. The van der Waals surface area contributed by atoms with Crippen molar-refractivity contribution in [1.29, 1.82) is 0 Å². The summed E-state index contributed by atoms with van der Waals surface area (Å²) < 4.78 is 56.2. The van der Waals surface area contributed by atoms with Gasteiger partial charge in [0, 0.05) is 65.1 Å². The van der Waals surface area contributed by atoms with Gasteiger partial charge in [0.05, 0.1) is 36.9 Å². The number of carbonyl (C=O) groups is 5. The maximum atomic E-state index is 14.2. The van der Waals surface area contributed by atoms with Crippen molar-refractivity contribution >= 4 is 36.2 Å². The molecule has 0 amide bonds. The fourth-order valence-electron chi connectivity index (χ4n) is 10.5. The van der Waals surface area contributed by atoms with Gasteiger partial charge < -0.3 is 67.4 Å². The van der Waals surface area contributed by atoms with Crippen LogP contribution in [-0.2, 0) is 66.6 Å². The Morgan fingerprint density at radius 1 is 0.907 bits per heavy atom. The third-order valence-corrected chi connectivity index (χ3v) is 14.5. The number of hydrogen-bond donors (Lipinski definition) is 2. The summed E-state index contributed by atoms with van der Waals surface area (Å²) in [7, 11) is 6.81. The van der Waals surface area contributed by atoms with E-state index in [0.717, 1.165) is 23.0 Å². The van der Waals surface area contributed by atoms with Crippen LogP contribution in [0.4, 0.5) is 0 Å². The predicted octanol–water partition coefficient (Wildman–Crippen LogP) is 5.69. The minimum atomic E-state index is -1.44. The molecule has 3 saturated heterocycles. The SMILES string of the molecule is CCC(=O)O[C@@H]1CC(=O)O[C@@H](CC=Cc2ccc(-c3ccncc3)cc2)CCCN(C)C[C@H](O)[C@H](C)C[C@H](CC=O)[C@H](O[C@@H]2OC(C)[C@@H](O[C@H]3CC(C)(OC(C)=O)[C@@H](OC(=O)CC)C(C)O3)C(N(C)C)C2O)[C@H]1OC. The molecule has 4 heterocycles. The van der Waals surface area contributed by atoms with E-state index in [-0.39, 0.29) is 32.1 Å². The summed E-state index contributed by atoms with van der Waals surface area (Å²) >= 11 is 0. The minimum absolute atomic E-state index is 0.0248. The van der Waals surface area contributed by atoms with Crippen LogP contribution in [0, 0.1) is 11.8 Å². The van der Waals surface area contributed by atoms with E-state index in [1.54, 1.807) is 66.0 Å². The van der Waals surface area contributed by atoms with Crippen molar-refractivity contribution in [2.45, 2.75) is 192 Å². The van der Waals surface area contributed by atoms with Crippen LogP contribution in [0.2, 0.25) is 0 Å². The summed E-state index contributed by atoms with van der Waals surface area (Å²) in [6.45, 7) is 12.4. The van der Waals surface area contributed by atoms with E-state index in [1.807, 2.05) is 67.4 Å². The van der Waals surface area contributed by atoms with E-state index in [4.69, 9.17) is 42.6 Å². The smallest absolute Gasteiger partial charge is 0.309 e. The van der Waals surface area contributed by atoms with Crippen molar-refractivity contribution in [3.05, 3.63) is 60.4 Å². The molecule has 75 heavy (non-hydrogen) atoms. The molecule has 1 aromatic heterocycles. The highest BCUT2D eigenvalue weighted by atomic mass is 16.7. The fourth-order valence-corrected chi connectivity index (χ4v) is 10.5. The number of esters is 4. The highest BCUT2D eigenvalue weighted by Crippen LogP contribution is 2.39. The van der Waals surface area contributed by atoms with Crippen molar-refractivity contribution in [3.63, 3.8) is 0 Å². The Labute approximate surface area is 442 Å². The molecule has 3 aliphatic rings. The molecule has 2 aromatic rings. The number of ether oxygens (including phenoxy) is 9. The van der Waals surface area contributed by atoms with Crippen LogP contribution >= 0.6 is 0 Å². The fraction of sp³-hybridized carbons (Fsp3) is 0.679. The van der Waals surface area contributed by atoms with Crippen LogP contribution in [0.15, 0.2) is 54.9 Å². The third-order valence-electron chi connectivity index (χ3n) is 14.5. The predicted molar refractivity (Wildman–Crippen MR) is 276 cm³/mol. The molecular weight excluding hydrogens is 971 g/mol. The van der Waals surface area contributed by atoms with Crippen LogP contribution in [0.25, 0.3) is 17.2 Å². The molecule has 19 heteroatoms. The Kier molecular flexibility index (Phi) is 23.8. The lowest BCUT2D eigenvalue weighted by Crippen LogP contribution is -2.66. The van der Waals surface area contributed by atoms with Gasteiger partial charge in [-0.05, 0) is 108 Å². The second kappa shape index (κ2) is 29.2. The molecule has 3 fully saturated rings. The molecule has 1 aromatic carbocycles. The number of hydrogen-bond acceptors (Lipinski definition) is 19. The Balaban J connectivity index is 1.44. The van der Waals surface area contributed by atoms with Crippen molar-refractivity contribution in [2.75, 3.05) is 41.3 Å². The van der Waals surface area contributed by atoms with Crippen LogP contribution in [0.1, 0.15) is 112 Å². The standard InChI is InChI=1S/C56H83N3O16/c1-12-45(63)71-44-31-47(65)70-42(17-14-16-38-19-21-39(22-20-38)40-23-26-57-27-24-40)18-15-28-59(10)33-43(62)34(3)30-41(25-29-60)52(53(44)67-11)74-55-50(66)49(58(8)9)51(35(4)69-55)73-48-32-56(7,75-37(6)61)54(36(5)68-48)72-46(64)13-2/h14,16,19-24,26-27,29,34-36,41-44,48-55,62,66H,12-13,15,17-18,25,28,30-33H2,1-11H3/t34-,35?,36?,41+,42+,43+,44-,48+,49?,50?,51-,52+,53+,54+,55+,56?/m1/s1. The van der Waals surface area contributed by atoms with Crippen molar-refractivity contribution in [2.24, 2.45) is 11.8 Å². The number of aliphatic hydroxyl groups excluding tert-OH is 2. The van der Waals surface area contributed by atoms with Gasteiger partial charge in [0.15, 0.2) is 24.3 Å². The summed E-state index contributed by atoms with van der Waals surface area (Å²) in [4.78, 5) is 72.9. The molecule has 418 valence electrons. The maximum Gasteiger partial charge on any atom is 0.309 e. The first-order valence-corrected chi connectivity index (χ1v) is 26.4. The van der Waals surface area contributed by atoms with Gasteiger partial charge in [-0.25, -0.2) is 0 Å². The monoisotopic (exact) mass is 1050 g/mol. The molecule has 3 aliphatic heterocycles. The molecule has 0 saturated carbocycles. The Hall–Kier alpha value is -4.70. The van der Waals surface area contributed by atoms with E-state index in [9.17, 15) is 34.2 Å². The van der Waals surface area contributed by atoms with Crippen molar-refractivity contribution in [3.8, 4) is 11.1 Å². The summed E-state index contributed by atoms with van der Waals surface area (Å²) in [5.74, 6) is -3.46. The van der Waals surface area contributed by atoms with Gasteiger partial charge in [-0.15, -0.1) is 0 Å². The van der Waals surface area contributed by atoms with Crippen LogP contribution in [-0.4, -0.2) is 182 Å². The number of β-amino-alcohol motifs (C(OH)–C–C–N with tert-alkyl or cyclic N) is 1. The Morgan fingerprint density at radius 2 is 1.57 bits per heavy atom. The van der Waals surface area contributed by atoms with Crippen molar-refractivity contribution < 1.29 is 76.8 Å². The largest absolute Gasteiger partial charge is 0.462 e. The average Bonchev–Trinajstić information content (AvgIpc) is 3.35. The molecular formula is C56H83N3O16. The summed E-state index contributed by atoms with van der Waals surface area (Å²) in [6.07, 6.45) is -2.88. The minimum Gasteiger partial charge on any atom is -0.462 e. The highest BCUT2D eigenvalue weighted by Gasteiger charge is 2.54. The first-order chi connectivity index (χ1) is 35.7. The van der Waals surface area contributed by atoms with Crippen LogP contribution in [0.3, 0.4) is 0 Å². The summed E-state index contributed by atoms with van der Waals surface area (Å²) in [6, 6.07) is 11.2. The van der Waals surface area contributed by atoms with E-state index >= 15 is 0 Å². The first-order valence-electron chi connectivity index (χ1n) is 26.4. The lowest BCUT2D eigenvalue weighted by atomic mass is 9.82. The molecule has 0 aliphatic carbocycles. The zero-order valence-electron chi connectivity index (χ0n) is 45.7. The average molecular weight is 1050 g/mol. The second-order valence-electron chi connectivity index (χ2n) is 20.7. The topological polar surface area (TPSA) is 228 Å². The number of cyclic esters (lactones) is 1. The second-order valence-corrected chi connectivity index (χ2v) is 20.7. The number of carbonyl (C=O) groups excluding carboxylic acids is 5. The molecule has 16 atom stereocenters. The van der Waals surface area contributed by atoms with Gasteiger partial charge in [0.25, 0.3) is 0 Å². The molecule has 2 N–H and O–H groups in total. The molecule has 5 unspecified atom stereocenters. The quantitative estimate of drug-likeness (QED) is 0.110. The van der Waals surface area contributed by atoms with Crippen LogP contribution in [0.5, 0.6) is 0 Å². The molecule has 0 radical (unpaired) electrons.